The molecule has 2 heterocycles. The van der Waals surface area contributed by atoms with Crippen molar-refractivity contribution in [2.75, 3.05) is 38.6 Å². The molecule has 1 aromatic rings. The van der Waals surface area contributed by atoms with E-state index >= 15 is 0 Å². The third-order valence-corrected chi connectivity index (χ3v) is 3.42. The zero-order chi connectivity index (χ0) is 13.1. The molecular formula is C13H21N5. The van der Waals surface area contributed by atoms with Crippen LogP contribution >= 0.6 is 0 Å². The number of nitrogen functional groups attached to an aromatic ring is 1. The standard InChI is InChI=1S/C13H21N5/c1-17-7-6-10(8-17)9-18(2)12-5-3-4-11(16-12)13(14)15/h3-5,10H,6-9H2,1-2H3,(H3,14,15). The summed E-state index contributed by atoms with van der Waals surface area (Å²) in [6.45, 7) is 3.33. The van der Waals surface area contributed by atoms with Gasteiger partial charge in [-0.1, -0.05) is 6.07 Å². The van der Waals surface area contributed by atoms with Crippen molar-refractivity contribution < 1.29 is 0 Å². The number of nitrogens with one attached hydrogen (secondary N) is 1. The van der Waals surface area contributed by atoms with E-state index in [1.807, 2.05) is 19.2 Å². The van der Waals surface area contributed by atoms with Gasteiger partial charge in [0.1, 0.15) is 17.3 Å². The van der Waals surface area contributed by atoms with Crippen LogP contribution in [0.15, 0.2) is 18.2 Å². The second-order valence-corrected chi connectivity index (χ2v) is 5.09. The van der Waals surface area contributed by atoms with Crippen molar-refractivity contribution in [3.05, 3.63) is 23.9 Å². The van der Waals surface area contributed by atoms with Gasteiger partial charge in [-0.2, -0.15) is 0 Å². The number of likely N-dealkylation sites (tertiary alicyclic amines) is 1. The summed E-state index contributed by atoms with van der Waals surface area (Å²) in [5.74, 6) is 1.60. The minimum atomic E-state index is 0.0193. The lowest BCUT2D eigenvalue weighted by atomic mass is 10.1. The molecule has 1 aromatic heterocycles. The molecule has 0 amide bonds. The quantitative estimate of drug-likeness (QED) is 0.608. The lowest BCUT2D eigenvalue weighted by Crippen LogP contribution is -2.28. The SMILES string of the molecule is CN1CCC(CN(C)c2cccc(C(=N)N)n2)C1. The number of hydrogen-bond donors (Lipinski definition) is 2. The molecule has 0 aliphatic carbocycles. The summed E-state index contributed by atoms with van der Waals surface area (Å²) < 4.78 is 0. The highest BCUT2D eigenvalue weighted by Crippen LogP contribution is 2.18. The Bertz CT molecular complexity index is 431. The maximum atomic E-state index is 7.41. The van der Waals surface area contributed by atoms with E-state index in [0.29, 0.717) is 11.6 Å². The van der Waals surface area contributed by atoms with Gasteiger partial charge < -0.3 is 15.5 Å². The van der Waals surface area contributed by atoms with Crippen molar-refractivity contribution in [2.45, 2.75) is 6.42 Å². The van der Waals surface area contributed by atoms with Crippen LogP contribution < -0.4 is 10.6 Å². The summed E-state index contributed by atoms with van der Waals surface area (Å²) >= 11 is 0. The van der Waals surface area contributed by atoms with Crippen molar-refractivity contribution in [2.24, 2.45) is 11.7 Å². The predicted octanol–water partition coefficient (Wildman–Crippen LogP) is 0.754. The molecule has 1 aliphatic rings. The van der Waals surface area contributed by atoms with Gasteiger partial charge in [-0.3, -0.25) is 5.41 Å². The summed E-state index contributed by atoms with van der Waals surface area (Å²) in [6.07, 6.45) is 1.24. The molecule has 98 valence electrons. The minimum absolute atomic E-state index is 0.0193. The Labute approximate surface area is 108 Å². The highest BCUT2D eigenvalue weighted by atomic mass is 15.2. The van der Waals surface area contributed by atoms with Crippen molar-refractivity contribution in [3.8, 4) is 0 Å². The molecule has 2 rings (SSSR count). The fourth-order valence-corrected chi connectivity index (χ4v) is 2.44. The van der Waals surface area contributed by atoms with Gasteiger partial charge in [-0.05, 0) is 38.1 Å². The minimum Gasteiger partial charge on any atom is -0.382 e. The fraction of sp³-hybridized carbons (Fsp3) is 0.538. The molecule has 3 N–H and O–H groups in total. The monoisotopic (exact) mass is 247 g/mol. The number of nitrogens with two attached hydrogens (primary N) is 1. The summed E-state index contributed by atoms with van der Waals surface area (Å²) in [5, 5.41) is 7.41. The summed E-state index contributed by atoms with van der Waals surface area (Å²) in [7, 11) is 4.21. The first-order valence-electron chi connectivity index (χ1n) is 6.27. The van der Waals surface area contributed by atoms with Crippen LogP contribution in [0.1, 0.15) is 12.1 Å². The molecule has 1 aliphatic heterocycles. The van der Waals surface area contributed by atoms with Gasteiger partial charge in [0.25, 0.3) is 0 Å². The molecule has 18 heavy (non-hydrogen) atoms. The van der Waals surface area contributed by atoms with Gasteiger partial charge >= 0.3 is 0 Å². The Morgan fingerprint density at radius 1 is 1.61 bits per heavy atom. The number of pyridine rings is 1. The Morgan fingerprint density at radius 2 is 2.39 bits per heavy atom. The number of amidine groups is 1. The molecule has 0 spiro atoms. The number of hydrogen-bond acceptors (Lipinski definition) is 4. The third-order valence-electron chi connectivity index (χ3n) is 3.42. The first-order chi connectivity index (χ1) is 8.56. The normalized spacial score (nSPS) is 20.0. The van der Waals surface area contributed by atoms with Gasteiger partial charge in [0.2, 0.25) is 0 Å². The van der Waals surface area contributed by atoms with Gasteiger partial charge in [0, 0.05) is 20.1 Å². The molecule has 1 atom stereocenters. The summed E-state index contributed by atoms with van der Waals surface area (Å²) in [4.78, 5) is 8.90. The molecule has 0 aromatic carbocycles. The van der Waals surface area contributed by atoms with E-state index in [0.717, 1.165) is 18.9 Å². The van der Waals surface area contributed by atoms with E-state index in [9.17, 15) is 0 Å². The molecular weight excluding hydrogens is 226 g/mol. The lowest BCUT2D eigenvalue weighted by molar-refractivity contribution is 0.395. The number of rotatable bonds is 4. The van der Waals surface area contributed by atoms with Crippen molar-refractivity contribution in [1.82, 2.24) is 9.88 Å². The molecule has 0 radical (unpaired) electrons. The molecule has 0 bridgehead atoms. The van der Waals surface area contributed by atoms with E-state index < -0.39 is 0 Å². The van der Waals surface area contributed by atoms with Crippen LogP contribution in [0, 0.1) is 11.3 Å². The average Bonchev–Trinajstić information content (AvgIpc) is 2.75. The van der Waals surface area contributed by atoms with Crippen LogP contribution in [0.5, 0.6) is 0 Å². The van der Waals surface area contributed by atoms with E-state index in [-0.39, 0.29) is 5.84 Å². The third kappa shape index (κ3) is 2.98. The van der Waals surface area contributed by atoms with Gasteiger partial charge in [-0.25, -0.2) is 4.98 Å². The molecule has 1 saturated heterocycles. The second-order valence-electron chi connectivity index (χ2n) is 5.09. The number of aromatic nitrogens is 1. The largest absolute Gasteiger partial charge is 0.382 e. The molecule has 5 heteroatoms. The maximum absolute atomic E-state index is 7.41. The van der Waals surface area contributed by atoms with E-state index in [4.69, 9.17) is 11.1 Å². The van der Waals surface area contributed by atoms with Crippen molar-refractivity contribution >= 4 is 11.7 Å². The Hall–Kier alpha value is -1.62. The van der Waals surface area contributed by atoms with Crippen LogP contribution in [0.25, 0.3) is 0 Å². The molecule has 1 unspecified atom stereocenters. The van der Waals surface area contributed by atoms with Gasteiger partial charge in [0.05, 0.1) is 0 Å². The van der Waals surface area contributed by atoms with Crippen LogP contribution in [0.2, 0.25) is 0 Å². The first kappa shape index (κ1) is 12.8. The summed E-state index contributed by atoms with van der Waals surface area (Å²) in [5.41, 5.74) is 6.00. The zero-order valence-electron chi connectivity index (χ0n) is 11.1. The van der Waals surface area contributed by atoms with E-state index in [1.54, 1.807) is 6.07 Å². The van der Waals surface area contributed by atoms with E-state index in [1.165, 1.54) is 13.0 Å². The number of anilines is 1. The van der Waals surface area contributed by atoms with Gasteiger partial charge in [-0.15, -0.1) is 0 Å². The molecule has 0 saturated carbocycles. The topological polar surface area (TPSA) is 69.2 Å². The second kappa shape index (κ2) is 5.35. The zero-order valence-corrected chi connectivity index (χ0v) is 11.1. The smallest absolute Gasteiger partial charge is 0.141 e. The highest BCUT2D eigenvalue weighted by molar-refractivity contribution is 5.93. The van der Waals surface area contributed by atoms with E-state index in [2.05, 4.69) is 21.8 Å². The van der Waals surface area contributed by atoms with Crippen LogP contribution in [0.4, 0.5) is 5.82 Å². The van der Waals surface area contributed by atoms with Crippen LogP contribution in [-0.4, -0.2) is 49.4 Å². The van der Waals surface area contributed by atoms with Crippen molar-refractivity contribution in [3.63, 3.8) is 0 Å². The molecule has 5 nitrogen and oxygen atoms in total. The Balaban J connectivity index is 2.02. The Kier molecular flexibility index (Phi) is 3.81. The highest BCUT2D eigenvalue weighted by Gasteiger charge is 2.21. The molecule has 1 fully saturated rings. The van der Waals surface area contributed by atoms with Gasteiger partial charge in [0.15, 0.2) is 0 Å². The van der Waals surface area contributed by atoms with Crippen molar-refractivity contribution in [1.29, 1.82) is 5.41 Å². The predicted molar refractivity (Wildman–Crippen MR) is 74.1 cm³/mol. The summed E-state index contributed by atoms with van der Waals surface area (Å²) in [6, 6.07) is 5.63. The van der Waals surface area contributed by atoms with Crippen LogP contribution in [-0.2, 0) is 0 Å². The Morgan fingerprint density at radius 3 is 3.00 bits per heavy atom. The fourth-order valence-electron chi connectivity index (χ4n) is 2.44. The maximum Gasteiger partial charge on any atom is 0.141 e. The lowest BCUT2D eigenvalue weighted by Gasteiger charge is -2.22. The van der Waals surface area contributed by atoms with Crippen LogP contribution in [0.3, 0.4) is 0 Å². The average molecular weight is 247 g/mol. The number of nitrogens with zero attached hydrogens (tertiary/aromatic N) is 3. The first-order valence-corrected chi connectivity index (χ1v) is 6.27.